The second-order valence-electron chi connectivity index (χ2n) is 8.74. The number of alkyl halides is 2. The molecule has 1 aliphatic heterocycles. The number of halogens is 3. The molecule has 2 heterocycles. The molecule has 5 N–H and O–H groups in total. The van der Waals surface area contributed by atoms with Gasteiger partial charge in [0.1, 0.15) is 24.2 Å². The molecule has 1 aromatic heterocycles. The molecule has 0 saturated carbocycles. The van der Waals surface area contributed by atoms with Crippen LogP contribution in [0.1, 0.15) is 43.1 Å². The van der Waals surface area contributed by atoms with E-state index in [0.29, 0.717) is 31.7 Å². The van der Waals surface area contributed by atoms with E-state index in [-0.39, 0.29) is 23.5 Å². The fourth-order valence-corrected chi connectivity index (χ4v) is 4.04. The number of hydrogen-bond donors (Lipinski definition) is 5. The van der Waals surface area contributed by atoms with E-state index in [0.717, 1.165) is 0 Å². The number of aliphatic hydroxyl groups excluding tert-OH is 1. The molecule has 3 atom stereocenters. The van der Waals surface area contributed by atoms with Crippen molar-refractivity contribution in [3.8, 4) is 0 Å². The molecule has 9 nitrogen and oxygen atoms in total. The van der Waals surface area contributed by atoms with Crippen LogP contribution < -0.4 is 16.0 Å². The number of carbonyl (C=O) groups excluding carboxylic acids is 4. The van der Waals surface area contributed by atoms with Crippen LogP contribution in [0, 0.1) is 11.7 Å². The number of hydrogen-bond acceptors (Lipinski definition) is 5. The monoisotopic (exact) mass is 496 g/mol. The molecule has 1 aliphatic rings. The predicted octanol–water partition coefficient (Wildman–Crippen LogP) is 1.41. The highest BCUT2D eigenvalue weighted by Crippen LogP contribution is 2.22. The number of aromatic nitrogens is 1. The second-order valence-corrected chi connectivity index (χ2v) is 8.74. The Kier molecular flexibility index (Phi) is 8.15. The van der Waals surface area contributed by atoms with Crippen molar-refractivity contribution in [3.05, 3.63) is 35.8 Å². The van der Waals surface area contributed by atoms with E-state index in [9.17, 15) is 37.5 Å². The Bertz CT molecular complexity index is 1110. The van der Waals surface area contributed by atoms with E-state index >= 15 is 0 Å². The first-order chi connectivity index (χ1) is 16.5. The Labute approximate surface area is 198 Å². The van der Waals surface area contributed by atoms with Gasteiger partial charge in [-0.15, -0.1) is 0 Å². The average Bonchev–Trinajstić information content (AvgIpc) is 3.24. The minimum Gasteiger partial charge on any atom is -0.389 e. The number of H-pyrrole nitrogens is 1. The zero-order chi connectivity index (χ0) is 25.8. The van der Waals surface area contributed by atoms with Crippen molar-refractivity contribution in [2.75, 3.05) is 13.2 Å². The number of aliphatic hydroxyl groups is 1. The largest absolute Gasteiger partial charge is 0.389 e. The first-order valence-electron chi connectivity index (χ1n) is 11.2. The Morgan fingerprint density at radius 1 is 1.23 bits per heavy atom. The lowest BCUT2D eigenvalue weighted by molar-refractivity contribution is -0.133. The van der Waals surface area contributed by atoms with E-state index in [1.54, 1.807) is 6.07 Å². The van der Waals surface area contributed by atoms with Crippen molar-refractivity contribution >= 4 is 34.4 Å². The normalized spacial score (nSPS) is 18.0. The van der Waals surface area contributed by atoms with Crippen molar-refractivity contribution in [2.45, 2.75) is 50.6 Å². The molecule has 190 valence electrons. The fraction of sp³-hybridized carbons (Fsp3) is 0.478. The molecule has 1 saturated heterocycles. The van der Waals surface area contributed by atoms with Gasteiger partial charge in [0.25, 0.3) is 5.91 Å². The van der Waals surface area contributed by atoms with Gasteiger partial charge in [-0.25, -0.2) is 13.2 Å². The highest BCUT2D eigenvalue weighted by molar-refractivity contribution is 6.01. The van der Waals surface area contributed by atoms with Crippen molar-refractivity contribution in [1.29, 1.82) is 0 Å². The number of carbonyl (C=O) groups is 4. The van der Waals surface area contributed by atoms with Gasteiger partial charge in [-0.3, -0.25) is 19.2 Å². The van der Waals surface area contributed by atoms with Crippen LogP contribution in [0.15, 0.2) is 24.3 Å². The summed E-state index contributed by atoms with van der Waals surface area (Å²) in [6.45, 7) is 0.124. The third-order valence-corrected chi connectivity index (χ3v) is 5.81. The molecule has 3 amide bonds. The maximum Gasteiger partial charge on any atom is 0.268 e. The number of amides is 3. The zero-order valence-corrected chi connectivity index (χ0v) is 19.0. The average molecular weight is 496 g/mol. The first kappa shape index (κ1) is 26.2. The molecule has 1 aromatic carbocycles. The second kappa shape index (κ2) is 10.9. The molecule has 2 unspecified atom stereocenters. The molecule has 0 bridgehead atoms. The van der Waals surface area contributed by atoms with Crippen LogP contribution in [0.4, 0.5) is 13.2 Å². The van der Waals surface area contributed by atoms with Crippen LogP contribution in [-0.4, -0.2) is 64.8 Å². The number of Topliss-reactive ketones (excluding diaryl/α,β-unsaturated/α-hetero) is 1. The Hall–Kier alpha value is -3.41. The van der Waals surface area contributed by atoms with E-state index < -0.39 is 60.4 Å². The minimum atomic E-state index is -3.36. The summed E-state index contributed by atoms with van der Waals surface area (Å²) < 4.78 is 41.6. The highest BCUT2D eigenvalue weighted by atomic mass is 19.3. The minimum absolute atomic E-state index is 0.0406. The van der Waals surface area contributed by atoms with E-state index in [2.05, 4.69) is 20.9 Å². The Morgan fingerprint density at radius 2 is 1.97 bits per heavy atom. The number of piperidine rings is 1. The highest BCUT2D eigenvalue weighted by Gasteiger charge is 2.36. The standard InChI is InChI=1S/C23H27F3N4O5/c1-23(25,26)10-17(30-21(34)16-8-12-4-2-6-14(24)19(12)28-16)22(35)29-15(18(32)11-31)9-13-5-3-7-27-20(13)33/h2,4,6,8,13,15,17,28,31H,3,5,7,9-11H2,1H3,(H,27,33)(H,29,35)(H,30,34)/t13-,15?,17?/m0/s1. The third-order valence-electron chi connectivity index (χ3n) is 5.81. The van der Waals surface area contributed by atoms with Gasteiger partial charge < -0.3 is 26.0 Å². The van der Waals surface area contributed by atoms with Gasteiger partial charge in [0.05, 0.1) is 11.6 Å². The lowest BCUT2D eigenvalue weighted by Gasteiger charge is -2.28. The van der Waals surface area contributed by atoms with Crippen LogP contribution in [-0.2, 0) is 14.4 Å². The number of benzene rings is 1. The molecule has 0 aliphatic carbocycles. The number of nitrogens with one attached hydrogen (secondary N) is 4. The maximum absolute atomic E-state index is 13.9. The van der Waals surface area contributed by atoms with Crippen LogP contribution >= 0.6 is 0 Å². The summed E-state index contributed by atoms with van der Waals surface area (Å²) in [5.41, 5.74) is -0.108. The number of ketones is 1. The number of aromatic amines is 1. The quantitative estimate of drug-likeness (QED) is 0.338. The summed E-state index contributed by atoms with van der Waals surface area (Å²) in [5, 5.41) is 16.8. The summed E-state index contributed by atoms with van der Waals surface area (Å²) >= 11 is 0. The molecule has 35 heavy (non-hydrogen) atoms. The van der Waals surface area contributed by atoms with Crippen LogP contribution in [0.25, 0.3) is 10.9 Å². The molecule has 0 spiro atoms. The summed E-state index contributed by atoms with van der Waals surface area (Å²) in [7, 11) is 0. The lowest BCUT2D eigenvalue weighted by atomic mass is 9.90. The zero-order valence-electron chi connectivity index (χ0n) is 19.0. The smallest absolute Gasteiger partial charge is 0.268 e. The van der Waals surface area contributed by atoms with Crippen molar-refractivity contribution < 1.29 is 37.5 Å². The molecule has 2 aromatic rings. The predicted molar refractivity (Wildman–Crippen MR) is 119 cm³/mol. The number of rotatable bonds is 10. The van der Waals surface area contributed by atoms with Gasteiger partial charge in [0.15, 0.2) is 5.78 Å². The van der Waals surface area contributed by atoms with Crippen molar-refractivity contribution in [2.24, 2.45) is 5.92 Å². The molecule has 3 rings (SSSR count). The third kappa shape index (κ3) is 6.81. The topological polar surface area (TPSA) is 140 Å². The SMILES string of the molecule is CC(F)(F)CC(NC(=O)c1cc2cccc(F)c2[nH]1)C(=O)NC(C[C@@H]1CCCNC1=O)C(=O)CO. The van der Waals surface area contributed by atoms with Crippen molar-refractivity contribution in [1.82, 2.24) is 20.9 Å². The van der Waals surface area contributed by atoms with Crippen LogP contribution in [0.5, 0.6) is 0 Å². The van der Waals surface area contributed by atoms with E-state index in [4.69, 9.17) is 0 Å². The van der Waals surface area contributed by atoms with Crippen molar-refractivity contribution in [3.63, 3.8) is 0 Å². The molecular weight excluding hydrogens is 469 g/mol. The summed E-state index contributed by atoms with van der Waals surface area (Å²) in [5.74, 6) is -7.69. The van der Waals surface area contributed by atoms with Crippen LogP contribution in [0.2, 0.25) is 0 Å². The molecule has 1 fully saturated rings. The molecular formula is C23H27F3N4O5. The summed E-state index contributed by atoms with van der Waals surface area (Å²) in [6, 6.07) is 2.40. The number of para-hydroxylation sites is 1. The van der Waals surface area contributed by atoms with Gasteiger partial charge >= 0.3 is 0 Å². The Morgan fingerprint density at radius 3 is 2.60 bits per heavy atom. The van der Waals surface area contributed by atoms with E-state index in [1.165, 1.54) is 18.2 Å². The maximum atomic E-state index is 13.9. The summed E-state index contributed by atoms with van der Waals surface area (Å²) in [4.78, 5) is 52.5. The lowest BCUT2D eigenvalue weighted by Crippen LogP contribution is -2.54. The van der Waals surface area contributed by atoms with E-state index in [1.807, 2.05) is 0 Å². The Balaban J connectivity index is 1.78. The molecule has 12 heteroatoms. The number of fused-ring (bicyclic) bond motifs is 1. The summed E-state index contributed by atoms with van der Waals surface area (Å²) in [6.07, 6.45) is -0.0815. The van der Waals surface area contributed by atoms with Gasteiger partial charge in [-0.1, -0.05) is 12.1 Å². The van der Waals surface area contributed by atoms with Gasteiger partial charge in [0, 0.05) is 24.3 Å². The van der Waals surface area contributed by atoms with Gasteiger partial charge in [-0.05, 0) is 38.3 Å². The van der Waals surface area contributed by atoms with Crippen LogP contribution in [0.3, 0.4) is 0 Å². The molecule has 0 radical (unpaired) electrons. The fourth-order valence-electron chi connectivity index (χ4n) is 4.04. The van der Waals surface area contributed by atoms with Gasteiger partial charge in [-0.2, -0.15) is 0 Å². The first-order valence-corrected chi connectivity index (χ1v) is 11.2. The van der Waals surface area contributed by atoms with Gasteiger partial charge in [0.2, 0.25) is 17.7 Å².